The highest BCUT2D eigenvalue weighted by atomic mass is 32.2. The molecular weight excluding hydrogens is 294 g/mol. The summed E-state index contributed by atoms with van der Waals surface area (Å²) in [7, 11) is -2.25. The van der Waals surface area contributed by atoms with E-state index in [-0.39, 0.29) is 29.4 Å². The second-order valence-corrected chi connectivity index (χ2v) is 7.07. The number of ether oxygens (including phenoxy) is 2. The third-order valence-corrected chi connectivity index (χ3v) is 5.57. The number of aliphatic hydroxyl groups excluding tert-OH is 1. The number of hydrogen-bond acceptors (Lipinski definition) is 5. The average molecular weight is 315 g/mol. The molecule has 2 rings (SSSR count). The summed E-state index contributed by atoms with van der Waals surface area (Å²) in [5.74, 6) is 0.243. The van der Waals surface area contributed by atoms with Gasteiger partial charge in [0.1, 0.15) is 10.6 Å². The second kappa shape index (κ2) is 6.31. The van der Waals surface area contributed by atoms with Crippen LogP contribution in [0.25, 0.3) is 0 Å². The summed E-state index contributed by atoms with van der Waals surface area (Å²) < 4.78 is 37.8. The van der Waals surface area contributed by atoms with Crippen LogP contribution >= 0.6 is 0 Å². The first-order chi connectivity index (χ1) is 9.90. The molecule has 1 heterocycles. The maximum atomic E-state index is 12.9. The van der Waals surface area contributed by atoms with Crippen molar-refractivity contribution in [3.63, 3.8) is 0 Å². The minimum atomic E-state index is -3.67. The predicted molar refractivity (Wildman–Crippen MR) is 77.7 cm³/mol. The van der Waals surface area contributed by atoms with E-state index in [0.29, 0.717) is 18.7 Å². The molecule has 7 heteroatoms. The molecule has 1 aliphatic rings. The van der Waals surface area contributed by atoms with E-state index >= 15 is 0 Å². The van der Waals surface area contributed by atoms with Crippen LogP contribution in [-0.2, 0) is 21.4 Å². The van der Waals surface area contributed by atoms with Crippen LogP contribution in [0.4, 0.5) is 0 Å². The molecule has 6 nitrogen and oxygen atoms in total. The zero-order valence-electron chi connectivity index (χ0n) is 12.4. The lowest BCUT2D eigenvalue weighted by molar-refractivity contribution is -0.0171. The Morgan fingerprint density at radius 1 is 1.43 bits per heavy atom. The molecule has 21 heavy (non-hydrogen) atoms. The fraction of sp³-hybridized carbons (Fsp3) is 0.571. The number of morpholine rings is 1. The van der Waals surface area contributed by atoms with Gasteiger partial charge in [-0.05, 0) is 31.5 Å². The van der Waals surface area contributed by atoms with Gasteiger partial charge in [-0.3, -0.25) is 0 Å². The highest BCUT2D eigenvalue weighted by Crippen LogP contribution is 2.30. The summed E-state index contributed by atoms with van der Waals surface area (Å²) in [5.41, 5.74) is 0.606. The first-order valence-electron chi connectivity index (χ1n) is 6.81. The van der Waals surface area contributed by atoms with Crippen LogP contribution in [-0.4, -0.2) is 50.2 Å². The van der Waals surface area contributed by atoms with Crippen LogP contribution in [0.3, 0.4) is 0 Å². The molecule has 2 atom stereocenters. The smallest absolute Gasteiger partial charge is 0.247 e. The first kappa shape index (κ1) is 16.2. The Hall–Kier alpha value is -1.15. The van der Waals surface area contributed by atoms with Gasteiger partial charge in [0.15, 0.2) is 0 Å². The van der Waals surface area contributed by atoms with E-state index in [2.05, 4.69) is 0 Å². The van der Waals surface area contributed by atoms with E-state index in [9.17, 15) is 8.42 Å². The quantitative estimate of drug-likeness (QED) is 0.896. The van der Waals surface area contributed by atoms with E-state index < -0.39 is 10.0 Å². The average Bonchev–Trinajstić information content (AvgIpc) is 2.48. The Kier molecular flexibility index (Phi) is 4.88. The molecule has 0 bridgehead atoms. The molecule has 118 valence electrons. The van der Waals surface area contributed by atoms with Gasteiger partial charge in [0.25, 0.3) is 0 Å². The standard InChI is InChI=1S/C14H21NO5S/c1-10-9-20-11(2)7-15(10)21(17,18)14-5-4-12(8-16)6-13(14)19-3/h4-6,10-11,16H,7-9H2,1-3H3. The van der Waals surface area contributed by atoms with Crippen LogP contribution in [0.2, 0.25) is 0 Å². The molecule has 1 saturated heterocycles. The third kappa shape index (κ3) is 3.21. The Labute approximate surface area is 125 Å². The van der Waals surface area contributed by atoms with Crippen molar-refractivity contribution >= 4 is 10.0 Å². The predicted octanol–water partition coefficient (Wildman–Crippen LogP) is 0.985. The lowest BCUT2D eigenvalue weighted by Gasteiger charge is -2.35. The van der Waals surface area contributed by atoms with Gasteiger partial charge in [0.05, 0.1) is 26.4 Å². The van der Waals surface area contributed by atoms with Crippen molar-refractivity contribution in [2.24, 2.45) is 0 Å². The summed E-state index contributed by atoms with van der Waals surface area (Å²) in [5, 5.41) is 9.14. The summed E-state index contributed by atoms with van der Waals surface area (Å²) in [4.78, 5) is 0.114. The van der Waals surface area contributed by atoms with Crippen molar-refractivity contribution in [1.82, 2.24) is 4.31 Å². The number of nitrogens with zero attached hydrogens (tertiary/aromatic N) is 1. The van der Waals surface area contributed by atoms with Crippen molar-refractivity contribution in [3.05, 3.63) is 23.8 Å². The Balaban J connectivity index is 2.43. The summed E-state index contributed by atoms with van der Waals surface area (Å²) >= 11 is 0. The zero-order valence-corrected chi connectivity index (χ0v) is 13.3. The number of benzene rings is 1. The molecular formula is C14H21NO5S. The first-order valence-corrected chi connectivity index (χ1v) is 8.25. The van der Waals surface area contributed by atoms with E-state index in [0.717, 1.165) is 0 Å². The number of sulfonamides is 1. The monoisotopic (exact) mass is 315 g/mol. The molecule has 1 aromatic rings. The second-order valence-electron chi connectivity index (χ2n) is 5.21. The van der Waals surface area contributed by atoms with Crippen LogP contribution in [0, 0.1) is 0 Å². The van der Waals surface area contributed by atoms with Crippen LogP contribution in [0.15, 0.2) is 23.1 Å². The van der Waals surface area contributed by atoms with Gasteiger partial charge in [-0.2, -0.15) is 4.31 Å². The van der Waals surface area contributed by atoms with Gasteiger partial charge < -0.3 is 14.6 Å². The molecule has 0 spiro atoms. The van der Waals surface area contributed by atoms with Crippen molar-refractivity contribution in [1.29, 1.82) is 0 Å². The minimum Gasteiger partial charge on any atom is -0.495 e. The van der Waals surface area contributed by atoms with Gasteiger partial charge in [-0.15, -0.1) is 0 Å². The number of hydrogen-bond donors (Lipinski definition) is 1. The van der Waals surface area contributed by atoms with Gasteiger partial charge in [-0.1, -0.05) is 6.07 Å². The summed E-state index contributed by atoms with van der Waals surface area (Å²) in [6, 6.07) is 4.38. The van der Waals surface area contributed by atoms with Gasteiger partial charge >= 0.3 is 0 Å². The largest absolute Gasteiger partial charge is 0.495 e. The molecule has 0 aliphatic carbocycles. The maximum absolute atomic E-state index is 12.9. The number of methoxy groups -OCH3 is 1. The van der Waals surface area contributed by atoms with Gasteiger partial charge in [-0.25, -0.2) is 8.42 Å². The SMILES string of the molecule is COc1cc(CO)ccc1S(=O)(=O)N1CC(C)OCC1C. The topological polar surface area (TPSA) is 76.1 Å². The molecule has 1 aliphatic heterocycles. The fourth-order valence-electron chi connectivity index (χ4n) is 2.36. The van der Waals surface area contributed by atoms with E-state index in [1.807, 2.05) is 13.8 Å². The molecule has 1 fully saturated rings. The number of rotatable bonds is 4. The number of aliphatic hydroxyl groups is 1. The molecule has 0 radical (unpaired) electrons. The van der Waals surface area contributed by atoms with Gasteiger partial charge in [0, 0.05) is 12.6 Å². The summed E-state index contributed by atoms with van der Waals surface area (Å²) in [6.45, 7) is 4.19. The Bertz CT molecular complexity index is 601. The zero-order chi connectivity index (χ0) is 15.6. The lowest BCUT2D eigenvalue weighted by Crippen LogP contribution is -2.50. The Morgan fingerprint density at radius 3 is 2.76 bits per heavy atom. The van der Waals surface area contributed by atoms with Crippen molar-refractivity contribution in [2.75, 3.05) is 20.3 Å². The van der Waals surface area contributed by atoms with Crippen LogP contribution in [0.1, 0.15) is 19.4 Å². The highest BCUT2D eigenvalue weighted by Gasteiger charge is 2.35. The third-order valence-electron chi connectivity index (χ3n) is 3.55. The molecule has 2 unspecified atom stereocenters. The van der Waals surface area contributed by atoms with Crippen LogP contribution in [0.5, 0.6) is 5.75 Å². The van der Waals surface area contributed by atoms with Crippen molar-refractivity contribution in [3.8, 4) is 5.75 Å². The highest BCUT2D eigenvalue weighted by molar-refractivity contribution is 7.89. The molecule has 1 aromatic carbocycles. The van der Waals surface area contributed by atoms with E-state index in [1.54, 1.807) is 12.1 Å². The molecule has 1 N–H and O–H groups in total. The van der Waals surface area contributed by atoms with E-state index in [4.69, 9.17) is 14.6 Å². The summed E-state index contributed by atoms with van der Waals surface area (Å²) in [6.07, 6.45) is -0.140. The van der Waals surface area contributed by atoms with Gasteiger partial charge in [0.2, 0.25) is 10.0 Å². The lowest BCUT2D eigenvalue weighted by atomic mass is 10.2. The molecule has 0 aromatic heterocycles. The van der Waals surface area contributed by atoms with Crippen molar-refractivity contribution in [2.45, 2.75) is 37.5 Å². The fourth-order valence-corrected chi connectivity index (χ4v) is 4.19. The van der Waals surface area contributed by atoms with Crippen molar-refractivity contribution < 1.29 is 23.0 Å². The normalized spacial score (nSPS) is 24.0. The molecule has 0 amide bonds. The van der Waals surface area contributed by atoms with E-state index in [1.165, 1.54) is 17.5 Å². The molecule has 0 saturated carbocycles. The maximum Gasteiger partial charge on any atom is 0.247 e. The minimum absolute atomic E-state index is 0.114. The van der Waals surface area contributed by atoms with Crippen LogP contribution < -0.4 is 4.74 Å². The Morgan fingerprint density at radius 2 is 2.14 bits per heavy atom.